The van der Waals surface area contributed by atoms with Gasteiger partial charge in [0.25, 0.3) is 0 Å². The van der Waals surface area contributed by atoms with Crippen LogP contribution in [0.4, 0.5) is 5.69 Å². The Hall–Kier alpha value is -1.79. The number of rotatable bonds is 1. The Morgan fingerprint density at radius 2 is 1.80 bits per heavy atom. The van der Waals surface area contributed by atoms with Gasteiger partial charge in [0.05, 0.1) is 27.1 Å². The molecule has 1 rings (SSSR count). The van der Waals surface area contributed by atoms with Crippen LogP contribution in [0.2, 0.25) is 0 Å². The van der Waals surface area contributed by atoms with Crippen molar-refractivity contribution >= 4 is 11.6 Å². The van der Waals surface area contributed by atoms with Crippen LogP contribution >= 0.6 is 0 Å². The van der Waals surface area contributed by atoms with Crippen molar-refractivity contribution < 1.29 is 9.28 Å². The van der Waals surface area contributed by atoms with Gasteiger partial charge in [-0.2, -0.15) is 0 Å². The molecule has 0 saturated carbocycles. The van der Waals surface area contributed by atoms with Crippen molar-refractivity contribution in [1.82, 2.24) is 0 Å². The average molecular weight is 203 g/mol. The highest BCUT2D eigenvalue weighted by Crippen LogP contribution is 2.02. The number of quaternary nitrogens is 1. The lowest BCUT2D eigenvalue weighted by Crippen LogP contribution is -2.40. The molecule has 1 aromatic carbocycles. The molecule has 3 nitrogen and oxygen atoms in total. The summed E-state index contributed by atoms with van der Waals surface area (Å²) in [7, 11) is 5.37. The minimum atomic E-state index is -0.126. The fourth-order valence-electron chi connectivity index (χ4n) is 0.846. The first-order chi connectivity index (χ1) is 7.00. The highest BCUT2D eigenvalue weighted by molar-refractivity contribution is 5.88. The number of nitrogens with one attached hydrogen (secondary N) is 1. The number of anilines is 1. The Bertz CT molecular complexity index is 393. The number of para-hydroxylation sites is 1. The second kappa shape index (κ2) is 4.63. The fourth-order valence-corrected chi connectivity index (χ4v) is 0.846. The highest BCUT2D eigenvalue weighted by atomic mass is 16.2. The van der Waals surface area contributed by atoms with Gasteiger partial charge in [-0.05, 0) is 12.1 Å². The fraction of sp³-hybridized carbons (Fsp3) is 0.250. The summed E-state index contributed by atoms with van der Waals surface area (Å²) >= 11 is 0. The Balaban J connectivity index is 2.59. The lowest BCUT2D eigenvalue weighted by Gasteiger charge is -2.16. The number of carbonyl (C=O) groups is 1. The Morgan fingerprint density at radius 3 is 2.33 bits per heavy atom. The molecule has 0 atom stereocenters. The van der Waals surface area contributed by atoms with Gasteiger partial charge in [0.2, 0.25) is 0 Å². The van der Waals surface area contributed by atoms with E-state index in [1.165, 1.54) is 0 Å². The Morgan fingerprint density at radius 1 is 1.20 bits per heavy atom. The van der Waals surface area contributed by atoms with E-state index in [1.807, 2.05) is 30.3 Å². The van der Waals surface area contributed by atoms with Crippen molar-refractivity contribution in [2.45, 2.75) is 0 Å². The predicted octanol–water partition coefficient (Wildman–Crippen LogP) is 1.29. The molecule has 78 valence electrons. The summed E-state index contributed by atoms with van der Waals surface area (Å²) in [6.07, 6.45) is 0. The summed E-state index contributed by atoms with van der Waals surface area (Å²) in [5, 5.41) is 2.86. The molecule has 0 aromatic heterocycles. The predicted molar refractivity (Wildman–Crippen MR) is 60.9 cm³/mol. The van der Waals surface area contributed by atoms with Gasteiger partial charge >= 0.3 is 5.91 Å². The summed E-state index contributed by atoms with van der Waals surface area (Å²) in [5.41, 5.74) is 0.888. The van der Waals surface area contributed by atoms with Crippen LogP contribution < -0.4 is 5.32 Å². The molecule has 0 spiro atoms. The van der Waals surface area contributed by atoms with Crippen LogP contribution in [0.25, 0.3) is 0 Å². The third-order valence-corrected chi connectivity index (χ3v) is 1.76. The number of amides is 1. The maximum atomic E-state index is 11.4. The summed E-state index contributed by atoms with van der Waals surface area (Å²) in [6, 6.07) is 12.2. The minimum absolute atomic E-state index is 0.126. The molecule has 3 heteroatoms. The third kappa shape index (κ3) is 3.84. The second-order valence-corrected chi connectivity index (χ2v) is 4.06. The van der Waals surface area contributed by atoms with Crippen molar-refractivity contribution in [2.24, 2.45) is 0 Å². The summed E-state index contributed by atoms with van der Waals surface area (Å²) < 4.78 is 0.212. The Kier molecular flexibility index (Phi) is 3.48. The molecule has 0 aliphatic heterocycles. The molecule has 0 unspecified atom stereocenters. The van der Waals surface area contributed by atoms with E-state index in [2.05, 4.69) is 17.3 Å². The molecule has 1 N–H and O–H groups in total. The van der Waals surface area contributed by atoms with Gasteiger partial charge in [0.1, 0.15) is 0 Å². The molecular formula is C12H15N2O+. The first kappa shape index (κ1) is 11.3. The van der Waals surface area contributed by atoms with Crippen molar-refractivity contribution in [1.29, 1.82) is 0 Å². The van der Waals surface area contributed by atoms with Crippen molar-refractivity contribution in [2.75, 3.05) is 26.5 Å². The summed E-state index contributed by atoms with van der Waals surface area (Å²) in [5.74, 6) is 2.42. The average Bonchev–Trinajstić information content (AvgIpc) is 2.18. The SMILES string of the molecule is C[N+](C)(C)C(=O)C#CNc1ccccc1. The smallest absolute Gasteiger partial charge is 0.314 e. The zero-order valence-corrected chi connectivity index (χ0v) is 9.24. The molecule has 0 aliphatic carbocycles. The minimum Gasteiger partial charge on any atom is -0.314 e. The monoisotopic (exact) mass is 203 g/mol. The van der Waals surface area contributed by atoms with Gasteiger partial charge in [-0.1, -0.05) is 18.2 Å². The molecular weight excluding hydrogens is 188 g/mol. The largest absolute Gasteiger partial charge is 0.392 e. The molecule has 0 heterocycles. The van der Waals surface area contributed by atoms with Crippen molar-refractivity contribution in [3.05, 3.63) is 30.3 Å². The molecule has 0 fully saturated rings. The van der Waals surface area contributed by atoms with E-state index in [-0.39, 0.29) is 10.4 Å². The Labute approximate surface area is 90.3 Å². The zero-order chi connectivity index (χ0) is 11.3. The molecule has 0 saturated heterocycles. The van der Waals surface area contributed by atoms with Crippen LogP contribution in [-0.2, 0) is 4.79 Å². The second-order valence-electron chi connectivity index (χ2n) is 4.06. The number of hydrogen-bond donors (Lipinski definition) is 1. The maximum absolute atomic E-state index is 11.4. The van der Waals surface area contributed by atoms with Gasteiger partial charge in [-0.15, -0.1) is 0 Å². The lowest BCUT2D eigenvalue weighted by atomic mass is 10.3. The van der Waals surface area contributed by atoms with E-state index < -0.39 is 0 Å². The zero-order valence-electron chi connectivity index (χ0n) is 9.24. The van der Waals surface area contributed by atoms with E-state index in [1.54, 1.807) is 21.1 Å². The van der Waals surface area contributed by atoms with Crippen LogP contribution in [0.5, 0.6) is 0 Å². The molecule has 1 amide bonds. The molecule has 0 radical (unpaired) electrons. The van der Waals surface area contributed by atoms with Crippen LogP contribution in [0.1, 0.15) is 0 Å². The van der Waals surface area contributed by atoms with Gasteiger partial charge in [-0.3, -0.25) is 4.48 Å². The van der Waals surface area contributed by atoms with Crippen molar-refractivity contribution in [3.8, 4) is 12.0 Å². The van der Waals surface area contributed by atoms with Crippen LogP contribution in [0.15, 0.2) is 30.3 Å². The third-order valence-electron chi connectivity index (χ3n) is 1.76. The molecule has 0 aliphatic rings. The topological polar surface area (TPSA) is 29.1 Å². The van der Waals surface area contributed by atoms with Crippen LogP contribution in [-0.4, -0.2) is 31.5 Å². The van der Waals surface area contributed by atoms with Crippen LogP contribution in [0, 0.1) is 12.0 Å². The van der Waals surface area contributed by atoms with E-state index >= 15 is 0 Å². The van der Waals surface area contributed by atoms with E-state index in [9.17, 15) is 4.79 Å². The molecule has 15 heavy (non-hydrogen) atoms. The van der Waals surface area contributed by atoms with E-state index in [0.717, 1.165) is 5.69 Å². The van der Waals surface area contributed by atoms with Gasteiger partial charge in [0, 0.05) is 11.7 Å². The summed E-state index contributed by atoms with van der Waals surface area (Å²) in [6.45, 7) is 0. The first-order valence-corrected chi connectivity index (χ1v) is 4.68. The summed E-state index contributed by atoms with van der Waals surface area (Å²) in [4.78, 5) is 11.4. The molecule has 1 aromatic rings. The number of benzene rings is 1. The van der Waals surface area contributed by atoms with E-state index in [4.69, 9.17) is 0 Å². The maximum Gasteiger partial charge on any atom is 0.392 e. The quantitative estimate of drug-likeness (QED) is 0.423. The highest BCUT2D eigenvalue weighted by Gasteiger charge is 2.16. The van der Waals surface area contributed by atoms with Crippen LogP contribution in [0.3, 0.4) is 0 Å². The number of carbonyl (C=O) groups excluding carboxylic acids is 1. The lowest BCUT2D eigenvalue weighted by molar-refractivity contribution is -0.788. The van der Waals surface area contributed by atoms with Crippen molar-refractivity contribution in [3.63, 3.8) is 0 Å². The standard InChI is InChI=1S/C12H14N2O/c1-14(2,3)12(15)9-10-13-11-7-5-4-6-8-11/h4-8H,1-3H3/p+1. The normalized spacial score (nSPS) is 10.1. The van der Waals surface area contributed by atoms with E-state index in [0.29, 0.717) is 0 Å². The van der Waals surface area contributed by atoms with Gasteiger partial charge < -0.3 is 5.32 Å². The number of nitrogens with zero attached hydrogens (tertiary/aromatic N) is 1. The number of hydrogen-bond acceptors (Lipinski definition) is 2. The van der Waals surface area contributed by atoms with Gasteiger partial charge in [0.15, 0.2) is 0 Å². The first-order valence-electron chi connectivity index (χ1n) is 4.68. The molecule has 0 bridgehead atoms. The van der Waals surface area contributed by atoms with Gasteiger partial charge in [-0.25, -0.2) is 4.79 Å².